The van der Waals surface area contributed by atoms with Crippen LogP contribution in [-0.2, 0) is 13.1 Å². The van der Waals surface area contributed by atoms with Gasteiger partial charge in [-0.1, -0.05) is 29.8 Å². The molecule has 0 spiro atoms. The van der Waals surface area contributed by atoms with Gasteiger partial charge < -0.3 is 5.32 Å². The molecule has 0 radical (unpaired) electrons. The van der Waals surface area contributed by atoms with E-state index in [2.05, 4.69) is 34.6 Å². The topological polar surface area (TPSA) is 77.6 Å². The summed E-state index contributed by atoms with van der Waals surface area (Å²) >= 11 is 0. The maximum atomic E-state index is 13.1. The summed E-state index contributed by atoms with van der Waals surface area (Å²) in [7, 11) is 0. The van der Waals surface area contributed by atoms with Gasteiger partial charge >= 0.3 is 0 Å². The molecule has 7 nitrogen and oxygen atoms in total. The summed E-state index contributed by atoms with van der Waals surface area (Å²) in [6.45, 7) is 9.74. The maximum Gasteiger partial charge on any atom is 0.252 e. The number of rotatable bonds is 6. The van der Waals surface area contributed by atoms with Crippen molar-refractivity contribution < 1.29 is 4.79 Å². The molecule has 0 bridgehead atoms. The van der Waals surface area contributed by atoms with Crippen LogP contribution in [0.3, 0.4) is 0 Å². The molecule has 0 aliphatic carbocycles. The molecule has 4 rings (SSSR count). The Balaban J connectivity index is 1.70. The van der Waals surface area contributed by atoms with Crippen LogP contribution in [0.25, 0.3) is 22.3 Å². The van der Waals surface area contributed by atoms with E-state index in [1.807, 2.05) is 60.6 Å². The Morgan fingerprint density at radius 2 is 1.83 bits per heavy atom. The number of amides is 1. The Morgan fingerprint density at radius 3 is 2.50 bits per heavy atom. The van der Waals surface area contributed by atoms with Gasteiger partial charge in [-0.2, -0.15) is 10.2 Å². The molecule has 4 aromatic rings. The summed E-state index contributed by atoms with van der Waals surface area (Å²) in [4.78, 5) is 18.0. The van der Waals surface area contributed by atoms with Gasteiger partial charge in [0.15, 0.2) is 5.65 Å². The third-order valence-electron chi connectivity index (χ3n) is 5.17. The van der Waals surface area contributed by atoms with E-state index in [1.54, 1.807) is 0 Å². The van der Waals surface area contributed by atoms with Gasteiger partial charge in [-0.25, -0.2) is 9.67 Å². The Kier molecular flexibility index (Phi) is 5.35. The maximum absolute atomic E-state index is 13.1. The van der Waals surface area contributed by atoms with Crippen LogP contribution >= 0.6 is 0 Å². The van der Waals surface area contributed by atoms with Gasteiger partial charge in [0.1, 0.15) is 0 Å². The van der Waals surface area contributed by atoms with Gasteiger partial charge in [0.05, 0.1) is 34.6 Å². The first-order valence-corrected chi connectivity index (χ1v) is 10.2. The molecule has 0 aliphatic rings. The Morgan fingerprint density at radius 1 is 1.07 bits per heavy atom. The molecule has 0 aliphatic heterocycles. The van der Waals surface area contributed by atoms with Crippen molar-refractivity contribution in [1.82, 2.24) is 29.9 Å². The van der Waals surface area contributed by atoms with Crippen molar-refractivity contribution in [2.45, 2.75) is 40.8 Å². The molecule has 154 valence electrons. The number of hydrogen-bond acceptors (Lipinski definition) is 4. The number of carbonyl (C=O) groups is 1. The first-order valence-electron chi connectivity index (χ1n) is 10.2. The number of aromatic nitrogens is 5. The predicted octanol–water partition coefficient (Wildman–Crippen LogP) is 3.67. The smallest absolute Gasteiger partial charge is 0.252 e. The molecule has 7 heteroatoms. The van der Waals surface area contributed by atoms with Gasteiger partial charge in [0.2, 0.25) is 0 Å². The molecule has 1 N–H and O–H groups in total. The van der Waals surface area contributed by atoms with E-state index in [4.69, 9.17) is 4.98 Å². The molecule has 0 saturated heterocycles. The lowest BCUT2D eigenvalue weighted by Crippen LogP contribution is -2.27. The second kappa shape index (κ2) is 8.10. The lowest BCUT2D eigenvalue weighted by molar-refractivity contribution is 0.0953. The van der Waals surface area contributed by atoms with E-state index in [0.29, 0.717) is 25.2 Å². The molecule has 0 saturated carbocycles. The summed E-state index contributed by atoms with van der Waals surface area (Å²) in [6, 6.07) is 12.0. The van der Waals surface area contributed by atoms with Crippen molar-refractivity contribution in [2.75, 3.05) is 6.54 Å². The van der Waals surface area contributed by atoms with E-state index in [9.17, 15) is 4.79 Å². The highest BCUT2D eigenvalue weighted by molar-refractivity contribution is 6.07. The van der Waals surface area contributed by atoms with Crippen LogP contribution in [0, 0.1) is 20.8 Å². The molecular weight excluding hydrogens is 376 g/mol. The zero-order valence-electron chi connectivity index (χ0n) is 17.8. The lowest BCUT2D eigenvalue weighted by atomic mass is 10.0. The summed E-state index contributed by atoms with van der Waals surface area (Å²) in [5.41, 5.74) is 6.03. The molecule has 0 atom stereocenters. The summed E-state index contributed by atoms with van der Waals surface area (Å²) in [5, 5.41) is 12.8. The Bertz CT molecular complexity index is 1200. The fourth-order valence-electron chi connectivity index (χ4n) is 3.59. The van der Waals surface area contributed by atoms with E-state index < -0.39 is 0 Å². The van der Waals surface area contributed by atoms with Crippen LogP contribution in [0.4, 0.5) is 0 Å². The summed E-state index contributed by atoms with van der Waals surface area (Å²) < 4.78 is 3.68. The molecular formula is C23H26N6O. The van der Waals surface area contributed by atoms with Crippen molar-refractivity contribution in [1.29, 1.82) is 0 Å². The SMILES string of the molecule is CCn1nc(C)c2c(C(=O)NCCn3ccc(C)n3)cc(-c3ccc(C)cc3)nc21. The molecule has 1 aromatic carbocycles. The van der Waals surface area contributed by atoms with E-state index in [1.165, 1.54) is 5.56 Å². The van der Waals surface area contributed by atoms with Crippen molar-refractivity contribution in [3.63, 3.8) is 0 Å². The number of nitrogens with one attached hydrogen (secondary N) is 1. The average molecular weight is 403 g/mol. The number of fused-ring (bicyclic) bond motifs is 1. The second-order valence-electron chi connectivity index (χ2n) is 7.50. The standard InChI is InChI=1S/C23H26N6O/c1-5-29-22-21(17(4)27-29)19(14-20(25-22)18-8-6-15(2)7-9-18)23(30)24-11-13-28-12-10-16(3)26-28/h6-10,12,14H,5,11,13H2,1-4H3,(H,24,30). The number of carbonyl (C=O) groups excluding carboxylic acids is 1. The predicted molar refractivity (Wildman–Crippen MR) is 117 cm³/mol. The molecule has 0 fully saturated rings. The van der Waals surface area contributed by atoms with E-state index >= 15 is 0 Å². The van der Waals surface area contributed by atoms with E-state index in [-0.39, 0.29) is 5.91 Å². The molecule has 3 heterocycles. The fourth-order valence-corrected chi connectivity index (χ4v) is 3.59. The average Bonchev–Trinajstić information content (AvgIpc) is 3.30. The zero-order valence-corrected chi connectivity index (χ0v) is 17.8. The van der Waals surface area contributed by atoms with Crippen LogP contribution in [0.15, 0.2) is 42.6 Å². The minimum absolute atomic E-state index is 0.126. The summed E-state index contributed by atoms with van der Waals surface area (Å²) in [6.07, 6.45) is 1.91. The summed E-state index contributed by atoms with van der Waals surface area (Å²) in [5.74, 6) is -0.126. The Hall–Kier alpha value is -3.48. The van der Waals surface area contributed by atoms with Crippen LogP contribution in [0.1, 0.15) is 34.2 Å². The molecule has 30 heavy (non-hydrogen) atoms. The fraction of sp³-hybridized carbons (Fsp3) is 0.304. The third kappa shape index (κ3) is 3.83. The van der Waals surface area contributed by atoms with Crippen molar-refractivity contribution in [3.8, 4) is 11.3 Å². The number of aryl methyl sites for hydroxylation is 4. The highest BCUT2D eigenvalue weighted by Crippen LogP contribution is 2.27. The highest BCUT2D eigenvalue weighted by atomic mass is 16.1. The number of nitrogens with zero attached hydrogens (tertiary/aromatic N) is 5. The zero-order chi connectivity index (χ0) is 21.3. The highest BCUT2D eigenvalue weighted by Gasteiger charge is 2.19. The Labute approximate surface area is 175 Å². The second-order valence-corrected chi connectivity index (χ2v) is 7.50. The normalized spacial score (nSPS) is 11.2. The van der Waals surface area contributed by atoms with Crippen LogP contribution in [0.2, 0.25) is 0 Å². The molecule has 0 unspecified atom stereocenters. The van der Waals surface area contributed by atoms with E-state index in [0.717, 1.165) is 33.7 Å². The van der Waals surface area contributed by atoms with Crippen LogP contribution in [-0.4, -0.2) is 37.0 Å². The number of pyridine rings is 1. The quantitative estimate of drug-likeness (QED) is 0.534. The minimum atomic E-state index is -0.126. The monoisotopic (exact) mass is 402 g/mol. The van der Waals surface area contributed by atoms with Crippen molar-refractivity contribution in [2.24, 2.45) is 0 Å². The number of benzene rings is 1. The first-order chi connectivity index (χ1) is 14.5. The third-order valence-corrected chi connectivity index (χ3v) is 5.17. The van der Waals surface area contributed by atoms with Gasteiger partial charge in [0, 0.05) is 24.8 Å². The number of hydrogen-bond donors (Lipinski definition) is 1. The molecule has 1 amide bonds. The van der Waals surface area contributed by atoms with Gasteiger partial charge in [-0.3, -0.25) is 9.48 Å². The van der Waals surface area contributed by atoms with Gasteiger partial charge in [0.25, 0.3) is 5.91 Å². The van der Waals surface area contributed by atoms with Crippen molar-refractivity contribution >= 4 is 16.9 Å². The lowest BCUT2D eigenvalue weighted by Gasteiger charge is -2.10. The largest absolute Gasteiger partial charge is 0.350 e. The van der Waals surface area contributed by atoms with Crippen molar-refractivity contribution in [3.05, 3.63) is 65.1 Å². The minimum Gasteiger partial charge on any atom is -0.350 e. The van der Waals surface area contributed by atoms with Crippen LogP contribution < -0.4 is 5.32 Å². The van der Waals surface area contributed by atoms with Crippen LogP contribution in [0.5, 0.6) is 0 Å². The van der Waals surface area contributed by atoms with Gasteiger partial charge in [-0.15, -0.1) is 0 Å². The van der Waals surface area contributed by atoms with Gasteiger partial charge in [-0.05, 0) is 39.8 Å². The molecule has 3 aromatic heterocycles. The first kappa shape index (κ1) is 19.8.